The number of amides is 2. The number of fused-ring (bicyclic) bond motifs is 2. The van der Waals surface area contributed by atoms with Crippen LogP contribution in [0.25, 0.3) is 10.8 Å². The van der Waals surface area contributed by atoms with E-state index in [1.807, 2.05) is 72.8 Å². The molecule has 4 aromatic rings. The van der Waals surface area contributed by atoms with Gasteiger partial charge < -0.3 is 0 Å². The molecule has 168 valence electrons. The highest BCUT2D eigenvalue weighted by molar-refractivity contribution is 6.38. The maximum atomic E-state index is 13.8. The number of anilines is 2. The summed E-state index contributed by atoms with van der Waals surface area (Å²) in [7, 11) is 0. The molecular weight excluding hydrogens is 471 g/mol. The number of benzene rings is 4. The summed E-state index contributed by atoms with van der Waals surface area (Å²) in [5.41, 5.74) is 1.99. The van der Waals surface area contributed by atoms with Crippen LogP contribution in [0.5, 0.6) is 0 Å². The molecule has 4 aromatic carbocycles. The molecule has 3 atom stereocenters. The second kappa shape index (κ2) is 8.13. The van der Waals surface area contributed by atoms with Crippen molar-refractivity contribution in [1.29, 1.82) is 0 Å². The molecule has 2 fully saturated rings. The molecule has 0 aromatic heterocycles. The molecule has 2 saturated heterocycles. The predicted octanol–water partition coefficient (Wildman–Crippen LogP) is 6.20. The Morgan fingerprint density at radius 2 is 1.50 bits per heavy atom. The van der Waals surface area contributed by atoms with Gasteiger partial charge in [0.15, 0.2) is 6.10 Å². The van der Waals surface area contributed by atoms with Crippen LogP contribution in [0.4, 0.5) is 11.4 Å². The summed E-state index contributed by atoms with van der Waals surface area (Å²) >= 11 is 12.4. The summed E-state index contributed by atoms with van der Waals surface area (Å²) in [5, 5.41) is 4.41. The van der Waals surface area contributed by atoms with Crippen LogP contribution in [-0.2, 0) is 14.4 Å². The first kappa shape index (κ1) is 21.2. The fourth-order valence-electron chi connectivity index (χ4n) is 4.94. The van der Waals surface area contributed by atoms with Gasteiger partial charge in [0.1, 0.15) is 5.92 Å². The van der Waals surface area contributed by atoms with Gasteiger partial charge in [0.05, 0.1) is 22.4 Å². The molecule has 0 saturated carbocycles. The molecule has 7 heteroatoms. The first-order chi connectivity index (χ1) is 16.5. The van der Waals surface area contributed by atoms with E-state index in [9.17, 15) is 9.59 Å². The van der Waals surface area contributed by atoms with Gasteiger partial charge >= 0.3 is 0 Å². The van der Waals surface area contributed by atoms with Gasteiger partial charge in [0, 0.05) is 5.02 Å². The van der Waals surface area contributed by atoms with Crippen LogP contribution in [0.15, 0.2) is 91.0 Å². The molecule has 0 aliphatic carbocycles. The SMILES string of the molecule is O=C1C2ON(c3ccccc3)C(c3cccc4ccccc34)C2C(=O)N1c1ccc(Cl)cc1Cl. The van der Waals surface area contributed by atoms with Gasteiger partial charge in [-0.3, -0.25) is 14.4 Å². The van der Waals surface area contributed by atoms with Crippen LogP contribution in [0.1, 0.15) is 11.6 Å². The Morgan fingerprint density at radius 3 is 2.29 bits per heavy atom. The number of nitrogens with zero attached hydrogens (tertiary/aromatic N) is 2. The van der Waals surface area contributed by atoms with Crippen LogP contribution in [-0.4, -0.2) is 17.9 Å². The maximum Gasteiger partial charge on any atom is 0.266 e. The van der Waals surface area contributed by atoms with Crippen molar-refractivity contribution in [3.05, 3.63) is 107 Å². The molecule has 6 rings (SSSR count). The summed E-state index contributed by atoms with van der Waals surface area (Å²) < 4.78 is 0. The third kappa shape index (κ3) is 3.20. The third-order valence-electron chi connectivity index (χ3n) is 6.42. The quantitative estimate of drug-likeness (QED) is 0.322. The Morgan fingerprint density at radius 1 is 0.765 bits per heavy atom. The van der Waals surface area contributed by atoms with Crippen molar-refractivity contribution in [2.75, 3.05) is 9.96 Å². The van der Waals surface area contributed by atoms with Crippen molar-refractivity contribution in [2.24, 2.45) is 5.92 Å². The highest BCUT2D eigenvalue weighted by Crippen LogP contribution is 2.49. The van der Waals surface area contributed by atoms with E-state index in [2.05, 4.69) is 0 Å². The standard InChI is InChI=1S/C27H18Cl2N2O3/c28-17-13-14-22(21(29)15-17)30-26(32)23-24(20-12-6-8-16-7-4-5-11-19(16)20)31(34-25(23)27(30)33)18-9-2-1-3-10-18/h1-15,23-25H. The van der Waals surface area contributed by atoms with Gasteiger partial charge in [-0.25, -0.2) is 9.96 Å². The van der Waals surface area contributed by atoms with Crippen molar-refractivity contribution in [3.8, 4) is 0 Å². The van der Waals surface area contributed by atoms with E-state index >= 15 is 0 Å². The monoisotopic (exact) mass is 488 g/mol. The molecule has 0 radical (unpaired) electrons. The Bertz CT molecular complexity index is 1440. The van der Waals surface area contributed by atoms with Crippen molar-refractivity contribution < 1.29 is 14.4 Å². The lowest BCUT2D eigenvalue weighted by Gasteiger charge is -2.29. The Balaban J connectivity index is 1.51. The fourth-order valence-corrected chi connectivity index (χ4v) is 5.43. The van der Waals surface area contributed by atoms with Gasteiger partial charge in [0.2, 0.25) is 5.91 Å². The van der Waals surface area contributed by atoms with Crippen LogP contribution >= 0.6 is 23.2 Å². The highest BCUT2D eigenvalue weighted by atomic mass is 35.5. The maximum absolute atomic E-state index is 13.8. The number of carbonyl (C=O) groups is 2. The third-order valence-corrected chi connectivity index (χ3v) is 6.96. The number of hydrogen-bond acceptors (Lipinski definition) is 4. The zero-order valence-electron chi connectivity index (χ0n) is 17.8. The molecule has 3 unspecified atom stereocenters. The second-order valence-electron chi connectivity index (χ2n) is 8.33. The Hall–Kier alpha value is -3.38. The predicted molar refractivity (Wildman–Crippen MR) is 133 cm³/mol. The van der Waals surface area contributed by atoms with E-state index in [-0.39, 0.29) is 10.9 Å². The number of hydroxylamine groups is 1. The molecule has 2 aliphatic heterocycles. The fraction of sp³-hybridized carbons (Fsp3) is 0.111. The van der Waals surface area contributed by atoms with E-state index in [0.717, 1.165) is 26.9 Å². The number of rotatable bonds is 3. The van der Waals surface area contributed by atoms with Gasteiger partial charge in [-0.1, -0.05) is 83.9 Å². The van der Waals surface area contributed by atoms with Crippen LogP contribution in [0.2, 0.25) is 10.0 Å². The zero-order valence-corrected chi connectivity index (χ0v) is 19.3. The Kier molecular flexibility index (Phi) is 5.06. The van der Waals surface area contributed by atoms with E-state index in [1.165, 1.54) is 6.07 Å². The van der Waals surface area contributed by atoms with Crippen LogP contribution in [0.3, 0.4) is 0 Å². The van der Waals surface area contributed by atoms with E-state index in [0.29, 0.717) is 10.7 Å². The number of para-hydroxylation sites is 1. The zero-order chi connectivity index (χ0) is 23.4. The largest absolute Gasteiger partial charge is 0.273 e. The topological polar surface area (TPSA) is 49.9 Å². The minimum atomic E-state index is -0.969. The first-order valence-electron chi connectivity index (χ1n) is 10.9. The molecule has 34 heavy (non-hydrogen) atoms. The van der Waals surface area contributed by atoms with Crippen LogP contribution < -0.4 is 9.96 Å². The van der Waals surface area contributed by atoms with Crippen molar-refractivity contribution in [1.82, 2.24) is 0 Å². The van der Waals surface area contributed by atoms with Crippen molar-refractivity contribution in [2.45, 2.75) is 12.1 Å². The lowest BCUT2D eigenvalue weighted by Crippen LogP contribution is -2.37. The smallest absolute Gasteiger partial charge is 0.266 e. The summed E-state index contributed by atoms with van der Waals surface area (Å²) in [5.74, 6) is -1.54. The normalized spacial score (nSPS) is 22.0. The molecule has 2 aliphatic rings. The van der Waals surface area contributed by atoms with E-state index in [4.69, 9.17) is 28.0 Å². The molecule has 2 amide bonds. The number of carbonyl (C=O) groups excluding carboxylic acids is 2. The molecule has 0 N–H and O–H groups in total. The van der Waals surface area contributed by atoms with Crippen LogP contribution in [0, 0.1) is 5.92 Å². The lowest BCUT2D eigenvalue weighted by molar-refractivity contribution is -0.126. The highest BCUT2D eigenvalue weighted by Gasteiger charge is 2.60. The van der Waals surface area contributed by atoms with E-state index < -0.39 is 24.0 Å². The number of hydrogen-bond donors (Lipinski definition) is 0. The summed E-state index contributed by atoms with van der Waals surface area (Å²) in [6, 6.07) is 27.7. The Labute approximate surface area is 206 Å². The van der Waals surface area contributed by atoms with Crippen molar-refractivity contribution in [3.63, 3.8) is 0 Å². The van der Waals surface area contributed by atoms with Crippen molar-refractivity contribution >= 4 is 57.2 Å². The molecule has 0 bridgehead atoms. The van der Waals surface area contributed by atoms with Gasteiger partial charge in [-0.15, -0.1) is 0 Å². The summed E-state index contributed by atoms with van der Waals surface area (Å²) in [6.07, 6.45) is -0.969. The minimum Gasteiger partial charge on any atom is -0.273 e. The molecule has 0 spiro atoms. The lowest BCUT2D eigenvalue weighted by atomic mass is 9.87. The molecular formula is C27H18Cl2N2O3. The summed E-state index contributed by atoms with van der Waals surface area (Å²) in [4.78, 5) is 34.7. The first-order valence-corrected chi connectivity index (χ1v) is 11.6. The van der Waals surface area contributed by atoms with Gasteiger partial charge in [-0.2, -0.15) is 0 Å². The second-order valence-corrected chi connectivity index (χ2v) is 9.18. The number of imide groups is 1. The minimum absolute atomic E-state index is 0.232. The molecule has 2 heterocycles. The molecule has 5 nitrogen and oxygen atoms in total. The van der Waals surface area contributed by atoms with Gasteiger partial charge in [0.25, 0.3) is 5.91 Å². The van der Waals surface area contributed by atoms with Gasteiger partial charge in [-0.05, 0) is 46.7 Å². The average molecular weight is 489 g/mol. The van der Waals surface area contributed by atoms with E-state index in [1.54, 1.807) is 17.2 Å². The number of halogens is 2. The summed E-state index contributed by atoms with van der Waals surface area (Å²) in [6.45, 7) is 0. The average Bonchev–Trinajstić information content (AvgIpc) is 3.36.